The van der Waals surface area contributed by atoms with Crippen molar-refractivity contribution in [2.24, 2.45) is 0 Å². The second-order valence-corrected chi connectivity index (χ2v) is 7.87. The van der Waals surface area contributed by atoms with Crippen molar-refractivity contribution in [3.63, 3.8) is 0 Å². The molecule has 1 fully saturated rings. The van der Waals surface area contributed by atoms with Gasteiger partial charge in [0, 0.05) is 11.3 Å². The highest BCUT2D eigenvalue weighted by molar-refractivity contribution is 6.16. The first-order valence-electron chi connectivity index (χ1n) is 11.3. The van der Waals surface area contributed by atoms with Crippen molar-refractivity contribution >= 4 is 41.2 Å². The van der Waals surface area contributed by atoms with Gasteiger partial charge in [-0.2, -0.15) is 0 Å². The normalized spacial score (nSPS) is 13.8. The molecule has 0 radical (unpaired) electrons. The zero-order valence-corrected chi connectivity index (χ0v) is 19.9. The van der Waals surface area contributed by atoms with Gasteiger partial charge in [0.2, 0.25) is 5.91 Å². The SMILES string of the molecule is COc1ccccc1NC(=O)CN1C(=O)N/C(=C/c2ccccc2OCC(=O)Nc2ccccc2)C1=O. The number of nitrogens with zero attached hydrogens (tertiary/aromatic N) is 1. The number of benzene rings is 3. The minimum absolute atomic E-state index is 0.0279. The molecule has 0 bridgehead atoms. The standard InChI is InChI=1S/C27H24N4O6/c1-36-23-14-8-6-12-20(23)29-24(32)16-31-26(34)21(30-27(31)35)15-18-9-5-7-13-22(18)37-17-25(33)28-19-10-3-2-4-11-19/h2-15H,16-17H2,1H3,(H,28,33)(H,29,32)(H,30,35)/b21-15+. The Kier molecular flexibility index (Phi) is 7.79. The molecule has 3 aromatic rings. The lowest BCUT2D eigenvalue weighted by atomic mass is 10.1. The fourth-order valence-electron chi connectivity index (χ4n) is 3.55. The van der Waals surface area contributed by atoms with Crippen LogP contribution in [0.2, 0.25) is 0 Å². The van der Waals surface area contributed by atoms with Gasteiger partial charge in [0.25, 0.3) is 11.8 Å². The number of amides is 5. The van der Waals surface area contributed by atoms with Gasteiger partial charge < -0.3 is 25.4 Å². The van der Waals surface area contributed by atoms with Crippen LogP contribution < -0.4 is 25.4 Å². The van der Waals surface area contributed by atoms with Crippen LogP contribution in [0.1, 0.15) is 5.56 Å². The first-order chi connectivity index (χ1) is 17.9. The lowest BCUT2D eigenvalue weighted by Crippen LogP contribution is -2.38. The number of ether oxygens (including phenoxy) is 2. The first kappa shape index (κ1) is 25.0. The number of para-hydroxylation sites is 4. The molecule has 10 nitrogen and oxygen atoms in total. The van der Waals surface area contributed by atoms with E-state index in [1.165, 1.54) is 13.2 Å². The quantitative estimate of drug-likeness (QED) is 0.306. The van der Waals surface area contributed by atoms with Gasteiger partial charge >= 0.3 is 6.03 Å². The van der Waals surface area contributed by atoms with Crippen LogP contribution in [0.4, 0.5) is 16.2 Å². The smallest absolute Gasteiger partial charge is 0.329 e. The number of imide groups is 1. The number of anilines is 2. The average molecular weight is 501 g/mol. The summed E-state index contributed by atoms with van der Waals surface area (Å²) in [5, 5.41) is 7.83. The summed E-state index contributed by atoms with van der Waals surface area (Å²) < 4.78 is 10.8. The molecule has 1 heterocycles. The number of carbonyl (C=O) groups excluding carboxylic acids is 4. The number of hydrogen-bond donors (Lipinski definition) is 3. The van der Waals surface area contributed by atoms with Crippen LogP contribution in [0.5, 0.6) is 11.5 Å². The summed E-state index contributed by atoms with van der Waals surface area (Å²) in [6.07, 6.45) is 1.43. The molecule has 5 amide bonds. The summed E-state index contributed by atoms with van der Waals surface area (Å²) in [4.78, 5) is 50.9. The average Bonchev–Trinajstić information content (AvgIpc) is 3.16. The van der Waals surface area contributed by atoms with E-state index in [2.05, 4.69) is 16.0 Å². The zero-order chi connectivity index (χ0) is 26.2. The number of methoxy groups -OCH3 is 1. The summed E-state index contributed by atoms with van der Waals surface area (Å²) in [6.45, 7) is -0.748. The Morgan fingerprint density at radius 2 is 1.54 bits per heavy atom. The molecule has 10 heteroatoms. The fraction of sp³-hybridized carbons (Fsp3) is 0.111. The highest BCUT2D eigenvalue weighted by Crippen LogP contribution is 2.24. The van der Waals surface area contributed by atoms with Crippen molar-refractivity contribution in [3.05, 3.63) is 90.1 Å². The molecular formula is C27H24N4O6. The molecule has 4 rings (SSSR count). The highest BCUT2D eigenvalue weighted by atomic mass is 16.5. The molecule has 0 spiro atoms. The van der Waals surface area contributed by atoms with Crippen LogP contribution in [0.3, 0.4) is 0 Å². The maximum absolute atomic E-state index is 12.9. The van der Waals surface area contributed by atoms with Crippen LogP contribution in [-0.4, -0.2) is 48.9 Å². The lowest BCUT2D eigenvalue weighted by molar-refractivity contribution is -0.127. The van der Waals surface area contributed by atoms with Gasteiger partial charge in [-0.05, 0) is 36.4 Å². The lowest BCUT2D eigenvalue weighted by Gasteiger charge is -2.13. The number of carbonyl (C=O) groups is 4. The Morgan fingerprint density at radius 3 is 2.30 bits per heavy atom. The molecule has 37 heavy (non-hydrogen) atoms. The van der Waals surface area contributed by atoms with E-state index in [4.69, 9.17) is 9.47 Å². The number of nitrogens with one attached hydrogen (secondary N) is 3. The van der Waals surface area contributed by atoms with Crippen LogP contribution in [0.15, 0.2) is 84.6 Å². The fourth-order valence-corrected chi connectivity index (χ4v) is 3.55. The van der Waals surface area contributed by atoms with Crippen molar-refractivity contribution in [1.29, 1.82) is 0 Å². The van der Waals surface area contributed by atoms with E-state index in [0.717, 1.165) is 4.90 Å². The molecular weight excluding hydrogens is 476 g/mol. The molecule has 0 aromatic heterocycles. The van der Waals surface area contributed by atoms with Gasteiger partial charge in [-0.3, -0.25) is 14.4 Å². The largest absolute Gasteiger partial charge is 0.495 e. The van der Waals surface area contributed by atoms with Crippen molar-refractivity contribution in [1.82, 2.24) is 10.2 Å². The minimum Gasteiger partial charge on any atom is -0.495 e. The first-order valence-corrected chi connectivity index (χ1v) is 11.3. The van der Waals surface area contributed by atoms with Crippen LogP contribution >= 0.6 is 0 Å². The van der Waals surface area contributed by atoms with Crippen LogP contribution in [-0.2, 0) is 14.4 Å². The molecule has 1 aliphatic heterocycles. The molecule has 0 atom stereocenters. The Balaban J connectivity index is 1.41. The molecule has 0 saturated carbocycles. The topological polar surface area (TPSA) is 126 Å². The molecule has 188 valence electrons. The molecule has 1 aliphatic rings. The Hall–Kier alpha value is -5.12. The van der Waals surface area contributed by atoms with Crippen LogP contribution in [0, 0.1) is 0 Å². The Labute approximate surface area is 212 Å². The van der Waals surface area contributed by atoms with Gasteiger partial charge in [0.15, 0.2) is 6.61 Å². The minimum atomic E-state index is -0.730. The second-order valence-electron chi connectivity index (χ2n) is 7.87. The van der Waals surface area contributed by atoms with E-state index < -0.39 is 24.4 Å². The van der Waals surface area contributed by atoms with E-state index in [1.54, 1.807) is 72.8 Å². The van der Waals surface area contributed by atoms with Crippen molar-refractivity contribution in [2.75, 3.05) is 30.9 Å². The number of rotatable bonds is 9. The van der Waals surface area contributed by atoms with E-state index in [-0.39, 0.29) is 18.2 Å². The predicted octanol–water partition coefficient (Wildman–Crippen LogP) is 3.24. The third kappa shape index (κ3) is 6.31. The molecule has 3 N–H and O–H groups in total. The highest BCUT2D eigenvalue weighted by Gasteiger charge is 2.35. The zero-order valence-electron chi connectivity index (χ0n) is 19.9. The van der Waals surface area contributed by atoms with Gasteiger partial charge in [-0.25, -0.2) is 9.69 Å². The van der Waals surface area contributed by atoms with Gasteiger partial charge in [-0.15, -0.1) is 0 Å². The van der Waals surface area contributed by atoms with Gasteiger partial charge in [0.1, 0.15) is 23.7 Å². The van der Waals surface area contributed by atoms with Crippen LogP contribution in [0.25, 0.3) is 6.08 Å². The van der Waals surface area contributed by atoms with Gasteiger partial charge in [0.05, 0.1) is 12.8 Å². The number of urea groups is 1. The molecule has 3 aromatic carbocycles. The third-order valence-corrected chi connectivity index (χ3v) is 5.28. The predicted molar refractivity (Wildman–Crippen MR) is 137 cm³/mol. The monoisotopic (exact) mass is 500 g/mol. The molecule has 0 unspecified atom stereocenters. The van der Waals surface area contributed by atoms with E-state index >= 15 is 0 Å². The van der Waals surface area contributed by atoms with E-state index in [0.29, 0.717) is 28.4 Å². The van der Waals surface area contributed by atoms with E-state index in [9.17, 15) is 19.2 Å². The summed E-state index contributed by atoms with van der Waals surface area (Å²) in [5.41, 5.74) is 1.50. The maximum Gasteiger partial charge on any atom is 0.329 e. The maximum atomic E-state index is 12.9. The van der Waals surface area contributed by atoms with Crippen molar-refractivity contribution < 1.29 is 28.7 Å². The van der Waals surface area contributed by atoms with Crippen molar-refractivity contribution in [3.8, 4) is 11.5 Å². The van der Waals surface area contributed by atoms with Crippen molar-refractivity contribution in [2.45, 2.75) is 0 Å². The van der Waals surface area contributed by atoms with E-state index in [1.807, 2.05) is 6.07 Å². The molecule has 1 saturated heterocycles. The number of hydrogen-bond acceptors (Lipinski definition) is 6. The van der Waals surface area contributed by atoms with Gasteiger partial charge in [-0.1, -0.05) is 48.5 Å². The Morgan fingerprint density at radius 1 is 0.865 bits per heavy atom. The summed E-state index contributed by atoms with van der Waals surface area (Å²) in [5.74, 6) is -0.805. The summed E-state index contributed by atoms with van der Waals surface area (Å²) in [6, 6.07) is 21.8. The second kappa shape index (κ2) is 11.5. The summed E-state index contributed by atoms with van der Waals surface area (Å²) in [7, 11) is 1.47. The third-order valence-electron chi connectivity index (χ3n) is 5.28. The Bertz CT molecular complexity index is 1360. The molecule has 0 aliphatic carbocycles. The summed E-state index contributed by atoms with van der Waals surface area (Å²) >= 11 is 0.